The zero-order valence-electron chi connectivity index (χ0n) is 14.9. The van der Waals surface area contributed by atoms with Gasteiger partial charge in [-0.15, -0.1) is 0 Å². The van der Waals surface area contributed by atoms with Crippen LogP contribution >= 0.6 is 0 Å². The highest BCUT2D eigenvalue weighted by molar-refractivity contribution is 5.95. The number of ether oxygens (including phenoxy) is 1. The maximum atomic E-state index is 13.0. The van der Waals surface area contributed by atoms with Crippen LogP contribution in [0.15, 0.2) is 42.9 Å². The molecule has 1 atom stereocenters. The lowest BCUT2D eigenvalue weighted by Crippen LogP contribution is -2.38. The fourth-order valence-corrected chi connectivity index (χ4v) is 2.96. The number of nitrogens with zero attached hydrogens (tertiary/aromatic N) is 3. The van der Waals surface area contributed by atoms with Crippen LogP contribution in [0.25, 0.3) is 0 Å². The van der Waals surface area contributed by atoms with Crippen molar-refractivity contribution in [1.82, 2.24) is 14.9 Å². The molecular weight excluding hydrogens is 348 g/mol. The molecule has 2 heterocycles. The first-order valence-corrected chi connectivity index (χ1v) is 8.87. The summed E-state index contributed by atoms with van der Waals surface area (Å²) in [7, 11) is 0. The van der Waals surface area contributed by atoms with Crippen molar-refractivity contribution in [3.05, 3.63) is 48.4 Å². The van der Waals surface area contributed by atoms with Crippen molar-refractivity contribution in [3.63, 3.8) is 0 Å². The van der Waals surface area contributed by atoms with Crippen LogP contribution in [-0.2, 0) is 9.53 Å². The summed E-state index contributed by atoms with van der Waals surface area (Å²) in [5.41, 5.74) is 1.18. The highest BCUT2D eigenvalue weighted by atomic mass is 16.5. The van der Waals surface area contributed by atoms with E-state index in [2.05, 4.69) is 15.3 Å². The lowest BCUT2D eigenvalue weighted by atomic mass is 10.1. The molecule has 0 aliphatic carbocycles. The summed E-state index contributed by atoms with van der Waals surface area (Å²) in [6.45, 7) is 1.23. The summed E-state index contributed by atoms with van der Waals surface area (Å²) in [6, 6.07) is 7.04. The molecule has 1 saturated heterocycles. The summed E-state index contributed by atoms with van der Waals surface area (Å²) in [5, 5.41) is 12.1. The van der Waals surface area contributed by atoms with Gasteiger partial charge in [0, 0.05) is 43.3 Å². The SMILES string of the molecule is O=C(O)CCN(C[C@H]1CCCO1)C(=O)c1cccc(Nc2cnccn2)c1. The van der Waals surface area contributed by atoms with Crippen LogP contribution in [0, 0.1) is 0 Å². The van der Waals surface area contributed by atoms with Crippen molar-refractivity contribution in [2.75, 3.05) is 25.0 Å². The van der Waals surface area contributed by atoms with Gasteiger partial charge in [-0.3, -0.25) is 14.6 Å². The number of benzene rings is 1. The summed E-state index contributed by atoms with van der Waals surface area (Å²) in [5.74, 6) is -0.572. The van der Waals surface area contributed by atoms with Gasteiger partial charge in [-0.1, -0.05) is 6.07 Å². The fraction of sp³-hybridized carbons (Fsp3) is 0.368. The molecule has 1 aliphatic rings. The Bertz CT molecular complexity index is 778. The number of hydrogen-bond donors (Lipinski definition) is 2. The molecule has 1 aliphatic heterocycles. The molecule has 0 spiro atoms. The van der Waals surface area contributed by atoms with Crippen LogP contribution in [0.5, 0.6) is 0 Å². The fourth-order valence-electron chi connectivity index (χ4n) is 2.96. The number of carboxylic acids is 1. The average molecular weight is 370 g/mol. The third-order valence-corrected chi connectivity index (χ3v) is 4.28. The maximum absolute atomic E-state index is 13.0. The molecule has 142 valence electrons. The summed E-state index contributed by atoms with van der Waals surface area (Å²) in [6.07, 6.45) is 6.45. The van der Waals surface area contributed by atoms with Crippen LogP contribution < -0.4 is 5.32 Å². The highest BCUT2D eigenvalue weighted by Gasteiger charge is 2.24. The normalized spacial score (nSPS) is 16.1. The van der Waals surface area contributed by atoms with Crippen molar-refractivity contribution in [2.24, 2.45) is 0 Å². The second-order valence-corrected chi connectivity index (χ2v) is 6.33. The maximum Gasteiger partial charge on any atom is 0.305 e. The third-order valence-electron chi connectivity index (χ3n) is 4.28. The van der Waals surface area contributed by atoms with Crippen molar-refractivity contribution in [2.45, 2.75) is 25.4 Å². The van der Waals surface area contributed by atoms with Gasteiger partial charge >= 0.3 is 5.97 Å². The van der Waals surface area contributed by atoms with Crippen LogP contribution in [0.1, 0.15) is 29.6 Å². The molecule has 0 unspecified atom stereocenters. The minimum atomic E-state index is -0.932. The first kappa shape index (κ1) is 18.8. The zero-order valence-corrected chi connectivity index (χ0v) is 14.9. The quantitative estimate of drug-likeness (QED) is 0.735. The number of aromatic nitrogens is 2. The second-order valence-electron chi connectivity index (χ2n) is 6.33. The zero-order chi connectivity index (χ0) is 19.1. The Morgan fingerprint density at radius 3 is 2.93 bits per heavy atom. The van der Waals surface area contributed by atoms with Gasteiger partial charge in [-0.25, -0.2) is 4.98 Å². The second kappa shape index (κ2) is 9.09. The summed E-state index contributed by atoms with van der Waals surface area (Å²) in [4.78, 5) is 33.6. The van der Waals surface area contributed by atoms with E-state index in [1.54, 1.807) is 41.7 Å². The van der Waals surface area contributed by atoms with Gasteiger partial charge in [0.15, 0.2) is 0 Å². The van der Waals surface area contributed by atoms with Gasteiger partial charge in [-0.2, -0.15) is 0 Å². The lowest BCUT2D eigenvalue weighted by molar-refractivity contribution is -0.137. The standard InChI is InChI=1S/C19H22N4O4/c24-18(25)6-9-23(13-16-5-2-10-27-16)19(26)14-3-1-4-15(11-14)22-17-12-20-7-8-21-17/h1,3-4,7-8,11-12,16H,2,5-6,9-10,13H2,(H,21,22)(H,24,25)/t16-/m1/s1. The number of amides is 1. The van der Waals surface area contributed by atoms with Gasteiger partial charge in [0.1, 0.15) is 5.82 Å². The van der Waals surface area contributed by atoms with Crippen molar-refractivity contribution in [1.29, 1.82) is 0 Å². The van der Waals surface area contributed by atoms with Gasteiger partial charge in [-0.05, 0) is 31.0 Å². The minimum Gasteiger partial charge on any atom is -0.481 e. The summed E-state index contributed by atoms with van der Waals surface area (Å²) < 4.78 is 5.61. The van der Waals surface area contributed by atoms with E-state index < -0.39 is 5.97 Å². The number of carbonyl (C=O) groups is 2. The van der Waals surface area contributed by atoms with E-state index in [-0.39, 0.29) is 25.0 Å². The van der Waals surface area contributed by atoms with Crippen LogP contribution in [-0.4, -0.2) is 57.7 Å². The number of hydrogen-bond acceptors (Lipinski definition) is 6. The van der Waals surface area contributed by atoms with Crippen LogP contribution in [0.4, 0.5) is 11.5 Å². The van der Waals surface area contributed by atoms with Gasteiger partial charge in [0.05, 0.1) is 18.7 Å². The number of rotatable bonds is 8. The lowest BCUT2D eigenvalue weighted by Gasteiger charge is -2.25. The van der Waals surface area contributed by atoms with E-state index in [4.69, 9.17) is 9.84 Å². The minimum absolute atomic E-state index is 0.0383. The van der Waals surface area contributed by atoms with Gasteiger partial charge in [0.2, 0.25) is 0 Å². The predicted molar refractivity (Wildman–Crippen MR) is 98.9 cm³/mol. The summed E-state index contributed by atoms with van der Waals surface area (Å²) >= 11 is 0. The van der Waals surface area contributed by atoms with E-state index >= 15 is 0 Å². The van der Waals surface area contributed by atoms with E-state index in [1.807, 2.05) is 6.07 Å². The molecule has 1 aromatic heterocycles. The molecule has 0 radical (unpaired) electrons. The number of aliphatic carboxylic acids is 1. The number of anilines is 2. The predicted octanol–water partition coefficient (Wildman–Crippen LogP) is 2.32. The Hall–Kier alpha value is -3.00. The smallest absolute Gasteiger partial charge is 0.305 e. The Labute approximate surface area is 157 Å². The molecule has 2 N–H and O–H groups in total. The largest absolute Gasteiger partial charge is 0.481 e. The molecular formula is C19H22N4O4. The van der Waals surface area contributed by atoms with E-state index in [0.29, 0.717) is 30.2 Å². The van der Waals surface area contributed by atoms with E-state index in [9.17, 15) is 9.59 Å². The van der Waals surface area contributed by atoms with Crippen LogP contribution in [0.3, 0.4) is 0 Å². The number of nitrogens with one attached hydrogen (secondary N) is 1. The van der Waals surface area contributed by atoms with Crippen molar-refractivity contribution < 1.29 is 19.4 Å². The van der Waals surface area contributed by atoms with E-state index in [0.717, 1.165) is 12.8 Å². The molecule has 1 amide bonds. The van der Waals surface area contributed by atoms with Crippen LogP contribution in [0.2, 0.25) is 0 Å². The topological polar surface area (TPSA) is 105 Å². The molecule has 8 heteroatoms. The van der Waals surface area contributed by atoms with Gasteiger partial charge in [0.25, 0.3) is 5.91 Å². The van der Waals surface area contributed by atoms with E-state index in [1.165, 1.54) is 0 Å². The van der Waals surface area contributed by atoms with Gasteiger partial charge < -0.3 is 20.1 Å². The van der Waals surface area contributed by atoms with Crippen molar-refractivity contribution in [3.8, 4) is 0 Å². The molecule has 1 aromatic carbocycles. The molecule has 8 nitrogen and oxygen atoms in total. The Kier molecular flexibility index (Phi) is 6.32. The third kappa shape index (κ3) is 5.49. The number of carbonyl (C=O) groups excluding carboxylic acids is 1. The Balaban J connectivity index is 1.73. The molecule has 27 heavy (non-hydrogen) atoms. The molecule has 2 aromatic rings. The average Bonchev–Trinajstić information content (AvgIpc) is 3.18. The molecule has 0 bridgehead atoms. The molecule has 0 saturated carbocycles. The Morgan fingerprint density at radius 1 is 1.33 bits per heavy atom. The first-order valence-electron chi connectivity index (χ1n) is 8.87. The highest BCUT2D eigenvalue weighted by Crippen LogP contribution is 2.19. The monoisotopic (exact) mass is 370 g/mol. The molecule has 3 rings (SSSR count). The Morgan fingerprint density at radius 2 is 2.22 bits per heavy atom. The first-order chi connectivity index (χ1) is 13.1. The molecule has 1 fully saturated rings. The van der Waals surface area contributed by atoms with Crippen molar-refractivity contribution >= 4 is 23.4 Å². The number of carboxylic acid groups (broad SMARTS) is 1.